The largest absolute Gasteiger partial charge is 0.493 e. The summed E-state index contributed by atoms with van der Waals surface area (Å²) in [6, 6.07) is 3.28. The number of aryl methyl sites for hydroxylation is 1. The molecular weight excluding hydrogens is 334 g/mol. The van der Waals surface area contributed by atoms with Crippen molar-refractivity contribution in [3.63, 3.8) is 0 Å². The molecule has 1 aromatic heterocycles. The number of hydrogen-bond donors (Lipinski definition) is 1. The van der Waals surface area contributed by atoms with E-state index in [1.54, 1.807) is 12.1 Å². The number of aromatic nitrogens is 2. The van der Waals surface area contributed by atoms with Gasteiger partial charge in [0, 0.05) is 18.3 Å². The second kappa shape index (κ2) is 7.68. The van der Waals surface area contributed by atoms with E-state index in [1.807, 2.05) is 7.05 Å². The predicted molar refractivity (Wildman–Crippen MR) is 97.1 cm³/mol. The summed E-state index contributed by atoms with van der Waals surface area (Å²) in [5.74, 6) is 2.01. The number of carbonyl (C=O) groups is 1. The fraction of sp³-hybridized carbons (Fsp3) is 0.474. The number of hydrogen-bond acceptors (Lipinski definition) is 5. The number of nitrogens with one attached hydrogen (secondary N) is 1. The van der Waals surface area contributed by atoms with Crippen molar-refractivity contribution in [1.82, 2.24) is 14.9 Å². The molecular formula is C19H25N3O4. The van der Waals surface area contributed by atoms with Gasteiger partial charge in [0.1, 0.15) is 5.82 Å². The highest BCUT2D eigenvalue weighted by molar-refractivity contribution is 5.95. The van der Waals surface area contributed by atoms with Crippen LogP contribution in [0.15, 0.2) is 12.1 Å². The molecule has 0 saturated carbocycles. The van der Waals surface area contributed by atoms with Crippen molar-refractivity contribution in [3.05, 3.63) is 34.9 Å². The lowest BCUT2D eigenvalue weighted by Gasteiger charge is -2.14. The standard InChI is InChI=1S/C19H25N3O4/c1-22-14-8-6-5-7-13(14)21-17(22)11-20-19(23)12-9-15(24-2)18(26-4)16(10-12)25-3/h9-10H,5-8,11H2,1-4H3,(H,20,23). The first-order chi connectivity index (χ1) is 12.6. The summed E-state index contributed by atoms with van der Waals surface area (Å²) < 4.78 is 18.0. The third-order valence-electron chi connectivity index (χ3n) is 4.80. The Balaban J connectivity index is 1.77. The molecule has 0 radical (unpaired) electrons. The fourth-order valence-electron chi connectivity index (χ4n) is 3.37. The number of fused-ring (bicyclic) bond motifs is 1. The van der Waals surface area contributed by atoms with Gasteiger partial charge in [0.15, 0.2) is 11.5 Å². The molecule has 1 aliphatic carbocycles. The first-order valence-electron chi connectivity index (χ1n) is 8.70. The van der Waals surface area contributed by atoms with Gasteiger partial charge in [0.2, 0.25) is 5.75 Å². The normalized spacial score (nSPS) is 13.1. The Kier molecular flexibility index (Phi) is 5.35. The van der Waals surface area contributed by atoms with Crippen molar-refractivity contribution in [3.8, 4) is 17.2 Å². The highest BCUT2D eigenvalue weighted by atomic mass is 16.5. The lowest BCUT2D eigenvalue weighted by Crippen LogP contribution is -2.24. The van der Waals surface area contributed by atoms with Gasteiger partial charge < -0.3 is 24.1 Å². The van der Waals surface area contributed by atoms with E-state index in [2.05, 4.69) is 14.9 Å². The van der Waals surface area contributed by atoms with Crippen molar-refractivity contribution in [2.75, 3.05) is 21.3 Å². The third kappa shape index (κ3) is 3.34. The summed E-state index contributed by atoms with van der Waals surface area (Å²) in [4.78, 5) is 17.3. The Morgan fingerprint density at radius 2 is 1.77 bits per heavy atom. The minimum atomic E-state index is -0.217. The SMILES string of the molecule is COc1cc(C(=O)NCc2nc3c(n2C)CCCC3)cc(OC)c1OC. The second-order valence-corrected chi connectivity index (χ2v) is 6.28. The molecule has 0 bridgehead atoms. The minimum absolute atomic E-state index is 0.217. The van der Waals surface area contributed by atoms with Gasteiger partial charge in [-0.25, -0.2) is 4.98 Å². The van der Waals surface area contributed by atoms with Gasteiger partial charge in [0.05, 0.1) is 33.6 Å². The Morgan fingerprint density at radius 1 is 1.12 bits per heavy atom. The maximum Gasteiger partial charge on any atom is 0.251 e. The quantitative estimate of drug-likeness (QED) is 0.856. The molecule has 26 heavy (non-hydrogen) atoms. The smallest absolute Gasteiger partial charge is 0.251 e. The van der Waals surface area contributed by atoms with Crippen LogP contribution in [0.5, 0.6) is 17.2 Å². The van der Waals surface area contributed by atoms with Gasteiger partial charge in [-0.15, -0.1) is 0 Å². The van der Waals surface area contributed by atoms with Crippen LogP contribution in [0.1, 0.15) is 40.4 Å². The summed E-state index contributed by atoms with van der Waals surface area (Å²) in [7, 11) is 6.59. The molecule has 1 heterocycles. The van der Waals surface area contributed by atoms with Crippen molar-refractivity contribution >= 4 is 5.91 Å². The molecule has 0 saturated heterocycles. The zero-order chi connectivity index (χ0) is 18.7. The summed E-state index contributed by atoms with van der Waals surface area (Å²) in [5.41, 5.74) is 2.89. The van der Waals surface area contributed by atoms with Crippen molar-refractivity contribution in [2.24, 2.45) is 7.05 Å². The Labute approximate surface area is 153 Å². The summed E-state index contributed by atoms with van der Waals surface area (Å²) in [5, 5.41) is 2.93. The number of carbonyl (C=O) groups excluding carboxylic acids is 1. The van der Waals surface area contributed by atoms with Crippen molar-refractivity contribution in [2.45, 2.75) is 32.2 Å². The average Bonchev–Trinajstić information content (AvgIpc) is 3.00. The van der Waals surface area contributed by atoms with Crippen LogP contribution in [-0.4, -0.2) is 36.8 Å². The first kappa shape index (κ1) is 18.1. The van der Waals surface area contributed by atoms with Crippen LogP contribution in [0.2, 0.25) is 0 Å². The number of benzene rings is 1. The molecule has 0 atom stereocenters. The van der Waals surface area contributed by atoms with E-state index in [-0.39, 0.29) is 5.91 Å². The number of ether oxygens (including phenoxy) is 3. The maximum absolute atomic E-state index is 12.6. The fourth-order valence-corrected chi connectivity index (χ4v) is 3.37. The average molecular weight is 359 g/mol. The Bertz CT molecular complexity index is 788. The molecule has 140 valence electrons. The second-order valence-electron chi connectivity index (χ2n) is 6.28. The van der Waals surface area contributed by atoms with E-state index in [0.29, 0.717) is 29.4 Å². The zero-order valence-electron chi connectivity index (χ0n) is 15.7. The first-order valence-corrected chi connectivity index (χ1v) is 8.70. The van der Waals surface area contributed by atoms with E-state index in [1.165, 1.54) is 39.9 Å². The highest BCUT2D eigenvalue weighted by Gasteiger charge is 2.20. The number of imidazole rings is 1. The molecule has 3 rings (SSSR count). The number of amides is 1. The molecule has 2 aromatic rings. The molecule has 0 fully saturated rings. The Morgan fingerprint density at radius 3 is 2.35 bits per heavy atom. The number of nitrogens with zero attached hydrogens (tertiary/aromatic N) is 2. The van der Waals surface area contributed by atoms with Crippen LogP contribution < -0.4 is 19.5 Å². The van der Waals surface area contributed by atoms with E-state index < -0.39 is 0 Å². The topological polar surface area (TPSA) is 74.6 Å². The zero-order valence-corrected chi connectivity index (χ0v) is 15.7. The van der Waals surface area contributed by atoms with Crippen LogP contribution in [0.4, 0.5) is 0 Å². The maximum atomic E-state index is 12.6. The van der Waals surface area contributed by atoms with E-state index in [0.717, 1.165) is 24.4 Å². The van der Waals surface area contributed by atoms with E-state index in [9.17, 15) is 4.79 Å². The lowest BCUT2D eigenvalue weighted by molar-refractivity contribution is 0.0948. The molecule has 1 N–H and O–H groups in total. The molecule has 7 heteroatoms. The molecule has 1 amide bonds. The molecule has 1 aliphatic rings. The summed E-state index contributed by atoms with van der Waals surface area (Å²) in [6.07, 6.45) is 4.45. The van der Waals surface area contributed by atoms with E-state index >= 15 is 0 Å². The molecule has 7 nitrogen and oxygen atoms in total. The van der Waals surface area contributed by atoms with Gasteiger partial charge in [0.25, 0.3) is 5.91 Å². The monoisotopic (exact) mass is 359 g/mol. The van der Waals surface area contributed by atoms with Gasteiger partial charge in [-0.1, -0.05) is 0 Å². The van der Waals surface area contributed by atoms with E-state index in [4.69, 9.17) is 14.2 Å². The lowest BCUT2D eigenvalue weighted by atomic mass is 10.0. The van der Waals surface area contributed by atoms with Crippen LogP contribution in [-0.2, 0) is 26.4 Å². The third-order valence-corrected chi connectivity index (χ3v) is 4.80. The molecule has 1 aromatic carbocycles. The number of rotatable bonds is 6. The summed E-state index contributed by atoms with van der Waals surface area (Å²) in [6.45, 7) is 0.374. The summed E-state index contributed by atoms with van der Waals surface area (Å²) >= 11 is 0. The molecule has 0 spiro atoms. The van der Waals surface area contributed by atoms with Gasteiger partial charge in [-0.2, -0.15) is 0 Å². The number of methoxy groups -OCH3 is 3. The minimum Gasteiger partial charge on any atom is -0.493 e. The van der Waals surface area contributed by atoms with Crippen LogP contribution >= 0.6 is 0 Å². The van der Waals surface area contributed by atoms with Gasteiger partial charge in [-0.05, 0) is 37.8 Å². The molecule has 0 aliphatic heterocycles. The Hall–Kier alpha value is -2.70. The highest BCUT2D eigenvalue weighted by Crippen LogP contribution is 2.38. The van der Waals surface area contributed by atoms with Crippen LogP contribution in [0.3, 0.4) is 0 Å². The van der Waals surface area contributed by atoms with Crippen molar-refractivity contribution < 1.29 is 19.0 Å². The molecule has 0 unspecified atom stereocenters. The predicted octanol–water partition coefficient (Wildman–Crippen LogP) is 2.25. The van der Waals surface area contributed by atoms with Crippen LogP contribution in [0.25, 0.3) is 0 Å². The van der Waals surface area contributed by atoms with Crippen LogP contribution in [0, 0.1) is 0 Å². The van der Waals surface area contributed by atoms with Gasteiger partial charge >= 0.3 is 0 Å². The van der Waals surface area contributed by atoms with Gasteiger partial charge in [-0.3, -0.25) is 4.79 Å². The van der Waals surface area contributed by atoms with Crippen molar-refractivity contribution in [1.29, 1.82) is 0 Å².